The van der Waals surface area contributed by atoms with Crippen molar-refractivity contribution in [3.8, 4) is 0 Å². The molecule has 3 nitrogen and oxygen atoms in total. The van der Waals surface area contributed by atoms with Gasteiger partial charge in [0.15, 0.2) is 0 Å². The molecule has 0 aromatic rings. The molecule has 0 radical (unpaired) electrons. The molecule has 1 saturated heterocycles. The van der Waals surface area contributed by atoms with Crippen molar-refractivity contribution < 1.29 is 4.79 Å². The number of nitrogens with one attached hydrogen (secondary N) is 1. The molecule has 66 valence electrons. The first kappa shape index (κ1) is 7.80. The number of likely N-dealkylation sites (tertiary alicyclic amines) is 1. The van der Waals surface area contributed by atoms with Crippen molar-refractivity contribution in [2.45, 2.75) is 19.9 Å². The lowest BCUT2D eigenvalue weighted by atomic mass is 9.79. The maximum absolute atomic E-state index is 11.3. The molecule has 0 aromatic carbocycles. The topological polar surface area (TPSA) is 32.3 Å². The number of hydrogen-bond donors (Lipinski definition) is 1. The van der Waals surface area contributed by atoms with Crippen molar-refractivity contribution in [2.24, 2.45) is 5.41 Å². The predicted molar refractivity (Wildman–Crippen MR) is 46.4 cm³/mol. The van der Waals surface area contributed by atoms with Crippen molar-refractivity contribution in [1.29, 1.82) is 0 Å². The SMILES string of the molecule is CC(C)N1CC2(C=CNC2=O)C1. The molecule has 0 aliphatic carbocycles. The Labute approximate surface area is 72.4 Å². The highest BCUT2D eigenvalue weighted by Crippen LogP contribution is 2.35. The van der Waals surface area contributed by atoms with Gasteiger partial charge in [-0.1, -0.05) is 6.08 Å². The molecule has 12 heavy (non-hydrogen) atoms. The summed E-state index contributed by atoms with van der Waals surface area (Å²) in [6, 6.07) is 0.553. The zero-order chi connectivity index (χ0) is 8.77. The Kier molecular flexibility index (Phi) is 1.51. The second-order valence-electron chi connectivity index (χ2n) is 3.96. The van der Waals surface area contributed by atoms with Gasteiger partial charge in [0.25, 0.3) is 0 Å². The molecule has 1 amide bonds. The van der Waals surface area contributed by atoms with Crippen LogP contribution >= 0.6 is 0 Å². The summed E-state index contributed by atoms with van der Waals surface area (Å²) >= 11 is 0. The summed E-state index contributed by atoms with van der Waals surface area (Å²) in [5.41, 5.74) is -0.176. The average molecular weight is 166 g/mol. The zero-order valence-corrected chi connectivity index (χ0v) is 7.50. The van der Waals surface area contributed by atoms with Crippen molar-refractivity contribution in [1.82, 2.24) is 10.2 Å². The van der Waals surface area contributed by atoms with Gasteiger partial charge in [-0.3, -0.25) is 9.69 Å². The van der Waals surface area contributed by atoms with Gasteiger partial charge >= 0.3 is 0 Å². The quantitative estimate of drug-likeness (QED) is 0.609. The Hall–Kier alpha value is -0.830. The largest absolute Gasteiger partial charge is 0.332 e. The minimum Gasteiger partial charge on any atom is -0.332 e. The Morgan fingerprint density at radius 2 is 2.25 bits per heavy atom. The van der Waals surface area contributed by atoms with Gasteiger partial charge in [0.05, 0.1) is 5.41 Å². The molecule has 0 unspecified atom stereocenters. The van der Waals surface area contributed by atoms with E-state index in [9.17, 15) is 4.79 Å². The molecule has 0 atom stereocenters. The fourth-order valence-corrected chi connectivity index (χ4v) is 1.79. The molecule has 1 spiro atoms. The summed E-state index contributed by atoms with van der Waals surface area (Å²) in [6.07, 6.45) is 3.76. The third-order valence-corrected chi connectivity index (χ3v) is 2.77. The average Bonchev–Trinajstić information content (AvgIpc) is 2.26. The third-order valence-electron chi connectivity index (χ3n) is 2.77. The molecular weight excluding hydrogens is 152 g/mol. The third kappa shape index (κ3) is 0.894. The summed E-state index contributed by atoms with van der Waals surface area (Å²) in [5, 5.41) is 2.73. The number of carbonyl (C=O) groups is 1. The van der Waals surface area contributed by atoms with Gasteiger partial charge in [0.1, 0.15) is 0 Å². The van der Waals surface area contributed by atoms with E-state index in [2.05, 4.69) is 24.1 Å². The lowest BCUT2D eigenvalue weighted by Gasteiger charge is -2.47. The van der Waals surface area contributed by atoms with Gasteiger partial charge in [0.2, 0.25) is 5.91 Å². The van der Waals surface area contributed by atoms with Crippen molar-refractivity contribution in [3.05, 3.63) is 12.3 Å². The highest BCUT2D eigenvalue weighted by atomic mass is 16.2. The van der Waals surface area contributed by atoms with Crippen LogP contribution in [0.1, 0.15) is 13.8 Å². The van der Waals surface area contributed by atoms with E-state index in [1.165, 1.54) is 0 Å². The summed E-state index contributed by atoms with van der Waals surface area (Å²) in [5.74, 6) is 0.166. The fraction of sp³-hybridized carbons (Fsp3) is 0.667. The Morgan fingerprint density at radius 3 is 2.67 bits per heavy atom. The van der Waals surface area contributed by atoms with Crippen molar-refractivity contribution in [2.75, 3.05) is 13.1 Å². The lowest BCUT2D eigenvalue weighted by molar-refractivity contribution is -0.135. The van der Waals surface area contributed by atoms with Crippen LogP contribution in [0, 0.1) is 5.41 Å². The highest BCUT2D eigenvalue weighted by Gasteiger charge is 2.49. The summed E-state index contributed by atoms with van der Waals surface area (Å²) in [4.78, 5) is 13.6. The first-order valence-corrected chi connectivity index (χ1v) is 4.37. The first-order chi connectivity index (χ1) is 5.64. The molecule has 0 bridgehead atoms. The van der Waals surface area contributed by atoms with Gasteiger partial charge in [-0.2, -0.15) is 0 Å². The minimum atomic E-state index is -0.176. The normalized spacial score (nSPS) is 26.4. The van der Waals surface area contributed by atoms with E-state index in [4.69, 9.17) is 0 Å². The van der Waals surface area contributed by atoms with E-state index >= 15 is 0 Å². The monoisotopic (exact) mass is 166 g/mol. The molecular formula is C9H14N2O. The van der Waals surface area contributed by atoms with E-state index in [0.717, 1.165) is 13.1 Å². The van der Waals surface area contributed by atoms with E-state index in [1.807, 2.05) is 6.08 Å². The Bertz CT molecular complexity index is 239. The molecule has 2 rings (SSSR count). The number of rotatable bonds is 1. The van der Waals surface area contributed by atoms with Crippen LogP contribution in [0.5, 0.6) is 0 Å². The molecule has 3 heteroatoms. The van der Waals surface area contributed by atoms with Gasteiger partial charge in [-0.05, 0) is 13.8 Å². The zero-order valence-electron chi connectivity index (χ0n) is 7.50. The van der Waals surface area contributed by atoms with E-state index < -0.39 is 0 Å². The molecule has 2 aliphatic heterocycles. The van der Waals surface area contributed by atoms with Crippen LogP contribution in [0.25, 0.3) is 0 Å². The molecule has 0 aromatic heterocycles. The molecule has 1 fully saturated rings. The summed E-state index contributed by atoms with van der Waals surface area (Å²) in [6.45, 7) is 6.08. The Balaban J connectivity index is 2.02. The number of amides is 1. The highest BCUT2D eigenvalue weighted by molar-refractivity contribution is 5.89. The molecule has 0 saturated carbocycles. The molecule has 2 aliphatic rings. The number of hydrogen-bond acceptors (Lipinski definition) is 2. The maximum Gasteiger partial charge on any atom is 0.236 e. The van der Waals surface area contributed by atoms with Gasteiger partial charge in [0, 0.05) is 25.3 Å². The lowest BCUT2D eigenvalue weighted by Crippen LogP contribution is -2.61. The van der Waals surface area contributed by atoms with Crippen LogP contribution in [-0.4, -0.2) is 29.9 Å². The van der Waals surface area contributed by atoms with E-state index in [0.29, 0.717) is 6.04 Å². The minimum absolute atomic E-state index is 0.166. The van der Waals surface area contributed by atoms with Gasteiger partial charge < -0.3 is 5.32 Å². The standard InChI is InChI=1S/C9H14N2O/c1-7(2)11-5-9(6-11)3-4-10-8(9)12/h3-4,7H,5-6H2,1-2H3,(H,10,12). The predicted octanol–water partition coefficient (Wildman–Crippen LogP) is 0.340. The van der Waals surface area contributed by atoms with Gasteiger partial charge in [-0.25, -0.2) is 0 Å². The smallest absolute Gasteiger partial charge is 0.236 e. The second-order valence-corrected chi connectivity index (χ2v) is 3.96. The van der Waals surface area contributed by atoms with Crippen LogP contribution in [0.2, 0.25) is 0 Å². The van der Waals surface area contributed by atoms with E-state index in [1.54, 1.807) is 6.20 Å². The van der Waals surface area contributed by atoms with Crippen molar-refractivity contribution in [3.63, 3.8) is 0 Å². The van der Waals surface area contributed by atoms with Crippen molar-refractivity contribution >= 4 is 5.91 Å². The number of nitrogens with zero attached hydrogens (tertiary/aromatic N) is 1. The van der Waals surface area contributed by atoms with Crippen LogP contribution in [-0.2, 0) is 4.79 Å². The first-order valence-electron chi connectivity index (χ1n) is 4.37. The maximum atomic E-state index is 11.3. The summed E-state index contributed by atoms with van der Waals surface area (Å²) < 4.78 is 0. The Morgan fingerprint density at radius 1 is 1.58 bits per heavy atom. The van der Waals surface area contributed by atoms with Crippen LogP contribution in [0.3, 0.4) is 0 Å². The second kappa shape index (κ2) is 2.33. The molecule has 1 N–H and O–H groups in total. The molecule has 2 heterocycles. The van der Waals surface area contributed by atoms with Crippen LogP contribution < -0.4 is 5.32 Å². The fourth-order valence-electron chi connectivity index (χ4n) is 1.79. The summed E-state index contributed by atoms with van der Waals surface area (Å²) in [7, 11) is 0. The van der Waals surface area contributed by atoms with Gasteiger partial charge in [-0.15, -0.1) is 0 Å². The van der Waals surface area contributed by atoms with Crippen LogP contribution in [0.15, 0.2) is 12.3 Å². The van der Waals surface area contributed by atoms with Crippen LogP contribution in [0.4, 0.5) is 0 Å². The number of carbonyl (C=O) groups excluding carboxylic acids is 1. The van der Waals surface area contributed by atoms with E-state index in [-0.39, 0.29) is 11.3 Å².